The highest BCUT2D eigenvalue weighted by molar-refractivity contribution is 5.95. The number of carbonyl (C=O) groups excluding carboxylic acids is 2. The molecule has 0 bridgehead atoms. The van der Waals surface area contributed by atoms with Crippen LogP contribution in [0.15, 0.2) is 77.6 Å². The summed E-state index contributed by atoms with van der Waals surface area (Å²) in [6.07, 6.45) is 1.91. The monoisotopic (exact) mass is 425 g/mol. The molecular weight excluding hydrogens is 402 g/mol. The first-order chi connectivity index (χ1) is 15.6. The molecule has 1 aliphatic carbocycles. The Kier molecular flexibility index (Phi) is 5.19. The van der Waals surface area contributed by atoms with Crippen LogP contribution in [0.3, 0.4) is 0 Å². The molecule has 1 aliphatic rings. The van der Waals surface area contributed by atoms with Crippen molar-refractivity contribution in [1.29, 1.82) is 0 Å². The summed E-state index contributed by atoms with van der Waals surface area (Å²) < 4.78 is 1.88. The van der Waals surface area contributed by atoms with Gasteiger partial charge in [0.25, 0.3) is 0 Å². The number of fused-ring (bicyclic) bond motifs is 2. The van der Waals surface area contributed by atoms with E-state index in [1.54, 1.807) is 12.1 Å². The lowest BCUT2D eigenvalue weighted by atomic mass is 10.1. The third-order valence-corrected chi connectivity index (χ3v) is 5.81. The largest absolute Gasteiger partial charge is 0.350 e. The first-order valence-corrected chi connectivity index (χ1v) is 10.8. The molecule has 6 heteroatoms. The molecule has 6 nitrogen and oxygen atoms in total. The maximum absolute atomic E-state index is 12.8. The lowest BCUT2D eigenvalue weighted by Gasteiger charge is -2.15. The van der Waals surface area contributed by atoms with Crippen molar-refractivity contribution in [2.24, 2.45) is 5.92 Å². The lowest BCUT2D eigenvalue weighted by molar-refractivity contribution is -0.121. The van der Waals surface area contributed by atoms with Gasteiger partial charge in [-0.3, -0.25) is 14.4 Å². The van der Waals surface area contributed by atoms with Crippen LogP contribution in [-0.2, 0) is 22.7 Å². The molecule has 160 valence electrons. The molecule has 0 spiro atoms. The van der Waals surface area contributed by atoms with Crippen LogP contribution < -0.4 is 16.1 Å². The zero-order valence-electron chi connectivity index (χ0n) is 17.5. The number of aromatic nitrogens is 1. The molecule has 4 aromatic rings. The molecule has 0 atom stereocenters. The second kappa shape index (κ2) is 8.30. The third-order valence-electron chi connectivity index (χ3n) is 5.81. The Morgan fingerprint density at radius 2 is 1.53 bits per heavy atom. The fraction of sp³-hybridized carbons (Fsp3) is 0.192. The van der Waals surface area contributed by atoms with Gasteiger partial charge in [0.05, 0.1) is 11.0 Å². The zero-order chi connectivity index (χ0) is 22.1. The van der Waals surface area contributed by atoms with Gasteiger partial charge < -0.3 is 15.2 Å². The van der Waals surface area contributed by atoms with Crippen molar-refractivity contribution >= 4 is 39.3 Å². The van der Waals surface area contributed by atoms with Crippen LogP contribution in [-0.4, -0.2) is 16.4 Å². The van der Waals surface area contributed by atoms with E-state index in [1.807, 2.05) is 65.2 Å². The molecule has 1 heterocycles. The number of hydrogen-bond donors (Lipinski definition) is 2. The van der Waals surface area contributed by atoms with E-state index in [2.05, 4.69) is 10.6 Å². The number of anilines is 1. The van der Waals surface area contributed by atoms with Crippen LogP contribution in [0.1, 0.15) is 18.4 Å². The molecule has 2 N–H and O–H groups in total. The molecule has 0 radical (unpaired) electrons. The number of carbonyl (C=O) groups is 2. The molecule has 0 unspecified atom stereocenters. The van der Waals surface area contributed by atoms with Crippen LogP contribution in [0, 0.1) is 5.92 Å². The lowest BCUT2D eigenvalue weighted by Crippen LogP contribution is -2.28. The topological polar surface area (TPSA) is 80.2 Å². The Morgan fingerprint density at radius 3 is 2.19 bits per heavy atom. The van der Waals surface area contributed by atoms with E-state index < -0.39 is 0 Å². The van der Waals surface area contributed by atoms with Crippen LogP contribution >= 0.6 is 0 Å². The van der Waals surface area contributed by atoms with Crippen molar-refractivity contribution in [1.82, 2.24) is 9.88 Å². The summed E-state index contributed by atoms with van der Waals surface area (Å²) in [5.41, 5.74) is 3.08. The van der Waals surface area contributed by atoms with E-state index in [-0.39, 0.29) is 29.7 Å². The van der Waals surface area contributed by atoms with Gasteiger partial charge in [-0.15, -0.1) is 0 Å². The molecule has 1 fully saturated rings. The zero-order valence-corrected chi connectivity index (χ0v) is 17.5. The maximum atomic E-state index is 12.8. The first kappa shape index (κ1) is 20.0. The second-order valence-corrected chi connectivity index (χ2v) is 8.19. The number of hydrogen-bond acceptors (Lipinski definition) is 3. The maximum Gasteiger partial charge on any atom is 0.240 e. The number of benzene rings is 3. The molecular formula is C26H23N3O3. The first-order valence-electron chi connectivity index (χ1n) is 10.8. The minimum atomic E-state index is -0.156. The fourth-order valence-corrected chi connectivity index (χ4v) is 4.00. The van der Waals surface area contributed by atoms with Crippen LogP contribution in [0.4, 0.5) is 5.69 Å². The summed E-state index contributed by atoms with van der Waals surface area (Å²) in [6.45, 7) is 0.446. The van der Waals surface area contributed by atoms with Crippen molar-refractivity contribution in [2.45, 2.75) is 25.9 Å². The van der Waals surface area contributed by atoms with Gasteiger partial charge >= 0.3 is 0 Å². The normalized spacial score (nSPS) is 13.2. The number of nitrogens with zero attached hydrogens (tertiary/aromatic N) is 1. The number of amides is 2. The Labute approximate surface area is 184 Å². The van der Waals surface area contributed by atoms with Gasteiger partial charge in [0.1, 0.15) is 6.54 Å². The minimum absolute atomic E-state index is 0.0297. The number of rotatable bonds is 6. The van der Waals surface area contributed by atoms with Crippen LogP contribution in [0.5, 0.6) is 0 Å². The smallest absolute Gasteiger partial charge is 0.240 e. The SMILES string of the molecule is O=C(Cn1c2ccccc2c(=O)c2ccccc21)NCc1cccc(NC(=O)C2CC2)c1. The second-order valence-electron chi connectivity index (χ2n) is 8.19. The molecule has 2 amide bonds. The van der Waals surface area contributed by atoms with E-state index in [1.165, 1.54) is 0 Å². The summed E-state index contributed by atoms with van der Waals surface area (Å²) in [6, 6.07) is 22.2. The molecule has 3 aromatic carbocycles. The third kappa shape index (κ3) is 3.99. The van der Waals surface area contributed by atoms with Crippen molar-refractivity contribution in [3.63, 3.8) is 0 Å². The van der Waals surface area contributed by atoms with Crippen molar-refractivity contribution in [3.05, 3.63) is 88.6 Å². The average molecular weight is 425 g/mol. The van der Waals surface area contributed by atoms with E-state index >= 15 is 0 Å². The molecule has 0 saturated heterocycles. The Bertz CT molecular complexity index is 1340. The summed E-state index contributed by atoms with van der Waals surface area (Å²) >= 11 is 0. The van der Waals surface area contributed by atoms with Crippen molar-refractivity contribution < 1.29 is 9.59 Å². The fourth-order valence-electron chi connectivity index (χ4n) is 4.00. The summed E-state index contributed by atoms with van der Waals surface area (Å²) in [5.74, 6) is 0.0417. The van der Waals surface area contributed by atoms with E-state index in [0.717, 1.165) is 35.1 Å². The highest BCUT2D eigenvalue weighted by atomic mass is 16.2. The van der Waals surface area contributed by atoms with Gasteiger partial charge in [0, 0.05) is 28.9 Å². The molecule has 5 rings (SSSR count). The predicted molar refractivity (Wildman–Crippen MR) is 125 cm³/mol. The Morgan fingerprint density at radius 1 is 0.875 bits per heavy atom. The van der Waals surface area contributed by atoms with Crippen LogP contribution in [0.25, 0.3) is 21.8 Å². The minimum Gasteiger partial charge on any atom is -0.350 e. The summed E-state index contributed by atoms with van der Waals surface area (Å²) in [5, 5.41) is 7.08. The van der Waals surface area contributed by atoms with E-state index in [0.29, 0.717) is 17.3 Å². The number of nitrogens with one attached hydrogen (secondary N) is 2. The predicted octanol–water partition coefficient (Wildman–Crippen LogP) is 3.82. The summed E-state index contributed by atoms with van der Waals surface area (Å²) in [4.78, 5) is 37.7. The molecule has 1 saturated carbocycles. The highest BCUT2D eigenvalue weighted by Crippen LogP contribution is 2.30. The van der Waals surface area contributed by atoms with Crippen molar-refractivity contribution in [3.8, 4) is 0 Å². The molecule has 0 aliphatic heterocycles. The highest BCUT2D eigenvalue weighted by Gasteiger charge is 2.29. The molecule has 32 heavy (non-hydrogen) atoms. The Balaban J connectivity index is 1.35. The Hall–Kier alpha value is -3.93. The van der Waals surface area contributed by atoms with Gasteiger partial charge in [0.15, 0.2) is 5.43 Å². The standard InChI is InChI=1S/C26H23N3O3/c30-24(27-15-17-6-5-7-19(14-17)28-26(32)18-12-13-18)16-29-22-10-3-1-8-20(22)25(31)21-9-2-4-11-23(21)29/h1-11,14,18H,12-13,15-16H2,(H,27,30)(H,28,32). The van der Waals surface area contributed by atoms with Crippen molar-refractivity contribution in [2.75, 3.05) is 5.32 Å². The quantitative estimate of drug-likeness (QED) is 0.461. The number of pyridine rings is 1. The van der Waals surface area contributed by atoms with E-state index in [9.17, 15) is 14.4 Å². The van der Waals surface area contributed by atoms with Gasteiger partial charge in [-0.2, -0.15) is 0 Å². The average Bonchev–Trinajstić information content (AvgIpc) is 3.66. The number of para-hydroxylation sites is 2. The van der Waals surface area contributed by atoms with Crippen LogP contribution in [0.2, 0.25) is 0 Å². The van der Waals surface area contributed by atoms with E-state index in [4.69, 9.17) is 0 Å². The van der Waals surface area contributed by atoms with Gasteiger partial charge in [-0.1, -0.05) is 36.4 Å². The summed E-state index contributed by atoms with van der Waals surface area (Å²) in [7, 11) is 0. The van der Waals surface area contributed by atoms with Gasteiger partial charge in [0.2, 0.25) is 11.8 Å². The van der Waals surface area contributed by atoms with Gasteiger partial charge in [-0.05, 0) is 54.8 Å². The van der Waals surface area contributed by atoms with Gasteiger partial charge in [-0.25, -0.2) is 0 Å². The molecule has 1 aromatic heterocycles.